The van der Waals surface area contributed by atoms with Gasteiger partial charge in [-0.1, -0.05) is 62.9 Å². The van der Waals surface area contributed by atoms with Crippen LogP contribution in [-0.2, 0) is 0 Å². The molecule has 114 valence electrons. The lowest BCUT2D eigenvalue weighted by Crippen LogP contribution is -1.96. The minimum atomic E-state index is 1.17. The van der Waals surface area contributed by atoms with E-state index in [2.05, 4.69) is 63.4 Å². The fourth-order valence-electron chi connectivity index (χ4n) is 2.55. The minimum Gasteiger partial charge on any atom is -0.121 e. The van der Waals surface area contributed by atoms with Crippen LogP contribution in [-0.4, -0.2) is 0 Å². The SMILES string of the molecule is C=Cc1cccc(C)c1/C(=C\C)C1=C(C)C=C=CC=C1.CC. The summed E-state index contributed by atoms with van der Waals surface area (Å²) in [5.41, 5.74) is 10.6. The van der Waals surface area contributed by atoms with Crippen molar-refractivity contribution in [2.24, 2.45) is 0 Å². The van der Waals surface area contributed by atoms with Gasteiger partial charge in [-0.3, -0.25) is 0 Å². The van der Waals surface area contributed by atoms with E-state index in [0.717, 1.165) is 0 Å². The number of allylic oxidation sites excluding steroid dienone is 7. The fraction of sp³-hybridized carbons (Fsp3) is 0.227. The third-order valence-corrected chi connectivity index (χ3v) is 3.55. The molecule has 0 saturated carbocycles. The van der Waals surface area contributed by atoms with Crippen molar-refractivity contribution in [3.05, 3.63) is 88.7 Å². The minimum absolute atomic E-state index is 1.17. The van der Waals surface area contributed by atoms with E-state index in [-0.39, 0.29) is 0 Å². The average molecular weight is 290 g/mol. The second-order valence-corrected chi connectivity index (χ2v) is 4.88. The van der Waals surface area contributed by atoms with Gasteiger partial charge in [0.1, 0.15) is 0 Å². The van der Waals surface area contributed by atoms with Gasteiger partial charge in [0.05, 0.1) is 0 Å². The van der Waals surface area contributed by atoms with Crippen LogP contribution in [0.4, 0.5) is 0 Å². The molecule has 0 N–H and O–H groups in total. The van der Waals surface area contributed by atoms with Gasteiger partial charge in [0.2, 0.25) is 0 Å². The van der Waals surface area contributed by atoms with Gasteiger partial charge in [0, 0.05) is 0 Å². The van der Waals surface area contributed by atoms with Crippen molar-refractivity contribution in [2.75, 3.05) is 0 Å². The first-order valence-corrected chi connectivity index (χ1v) is 7.88. The molecular weight excluding hydrogens is 264 g/mol. The van der Waals surface area contributed by atoms with E-state index in [1.165, 1.54) is 33.4 Å². The van der Waals surface area contributed by atoms with Crippen LogP contribution >= 0.6 is 0 Å². The Kier molecular flexibility index (Phi) is 7.16. The molecule has 0 aromatic heterocycles. The molecule has 22 heavy (non-hydrogen) atoms. The summed E-state index contributed by atoms with van der Waals surface area (Å²) in [7, 11) is 0. The number of aryl methyl sites for hydroxylation is 1. The van der Waals surface area contributed by atoms with Crippen molar-refractivity contribution in [1.29, 1.82) is 0 Å². The molecule has 0 fully saturated rings. The van der Waals surface area contributed by atoms with Gasteiger partial charge in [-0.25, -0.2) is 0 Å². The largest absolute Gasteiger partial charge is 0.121 e. The summed E-state index contributed by atoms with van der Waals surface area (Å²) in [5, 5.41) is 0. The third kappa shape index (κ3) is 3.87. The van der Waals surface area contributed by atoms with Gasteiger partial charge >= 0.3 is 0 Å². The zero-order chi connectivity index (χ0) is 16.5. The van der Waals surface area contributed by atoms with Crippen molar-refractivity contribution >= 4 is 11.6 Å². The Labute approximate surface area is 135 Å². The topological polar surface area (TPSA) is 0 Å². The predicted octanol–water partition coefficient (Wildman–Crippen LogP) is 6.67. The Morgan fingerprint density at radius 1 is 1.18 bits per heavy atom. The number of benzene rings is 1. The van der Waals surface area contributed by atoms with Crippen molar-refractivity contribution in [2.45, 2.75) is 34.6 Å². The Morgan fingerprint density at radius 3 is 2.55 bits per heavy atom. The van der Waals surface area contributed by atoms with Gasteiger partial charge in [-0.15, -0.1) is 5.73 Å². The predicted molar refractivity (Wildman–Crippen MR) is 101 cm³/mol. The van der Waals surface area contributed by atoms with Crippen LogP contribution in [0.3, 0.4) is 0 Å². The molecule has 0 aliphatic heterocycles. The van der Waals surface area contributed by atoms with Gasteiger partial charge in [-0.05, 0) is 66.3 Å². The summed E-state index contributed by atoms with van der Waals surface area (Å²) in [4.78, 5) is 0. The molecule has 0 amide bonds. The molecule has 0 heterocycles. The summed E-state index contributed by atoms with van der Waals surface area (Å²) >= 11 is 0. The van der Waals surface area contributed by atoms with Crippen LogP contribution in [0.5, 0.6) is 0 Å². The zero-order valence-corrected chi connectivity index (χ0v) is 14.4. The molecule has 0 atom stereocenters. The highest BCUT2D eigenvalue weighted by molar-refractivity contribution is 5.88. The van der Waals surface area contributed by atoms with Gasteiger partial charge in [0.25, 0.3) is 0 Å². The van der Waals surface area contributed by atoms with E-state index >= 15 is 0 Å². The molecule has 0 nitrogen and oxygen atoms in total. The smallest absolute Gasteiger partial charge is 0.00795 e. The zero-order valence-electron chi connectivity index (χ0n) is 14.4. The molecule has 0 heteroatoms. The fourth-order valence-corrected chi connectivity index (χ4v) is 2.55. The molecule has 1 aromatic rings. The van der Waals surface area contributed by atoms with Crippen molar-refractivity contribution < 1.29 is 0 Å². The first-order chi connectivity index (χ1) is 10.7. The molecule has 1 aliphatic rings. The highest BCUT2D eigenvalue weighted by Gasteiger charge is 2.13. The van der Waals surface area contributed by atoms with Crippen molar-refractivity contribution in [3.8, 4) is 0 Å². The second-order valence-electron chi connectivity index (χ2n) is 4.88. The Hall–Kier alpha value is -2.30. The maximum atomic E-state index is 3.94. The molecule has 1 aromatic carbocycles. The standard InChI is InChI=1S/C20H20.C2H6/c1-5-17-13-10-12-16(4)20(17)18(6-2)19-14-9-7-8-11-15(19)3;1-2/h5-7,9-14H,1H2,2-4H3;1-2H3/b18-6-;. The van der Waals surface area contributed by atoms with Crippen LogP contribution in [0.2, 0.25) is 0 Å². The van der Waals surface area contributed by atoms with Crippen LogP contribution in [0.25, 0.3) is 11.6 Å². The van der Waals surface area contributed by atoms with Crippen LogP contribution in [0.1, 0.15) is 44.4 Å². The van der Waals surface area contributed by atoms with Gasteiger partial charge in [0.15, 0.2) is 0 Å². The molecule has 0 bridgehead atoms. The summed E-state index contributed by atoms with van der Waals surface area (Å²) in [6.45, 7) is 14.3. The normalized spacial score (nSPS) is 13.6. The van der Waals surface area contributed by atoms with E-state index in [9.17, 15) is 0 Å². The summed E-state index contributed by atoms with van der Waals surface area (Å²) < 4.78 is 0. The van der Waals surface area contributed by atoms with Crippen molar-refractivity contribution in [3.63, 3.8) is 0 Å². The van der Waals surface area contributed by atoms with E-state index in [4.69, 9.17) is 0 Å². The number of hydrogen-bond donors (Lipinski definition) is 0. The number of rotatable bonds is 3. The number of hydrogen-bond acceptors (Lipinski definition) is 0. The summed E-state index contributed by atoms with van der Waals surface area (Å²) in [6.07, 6.45) is 12.3. The van der Waals surface area contributed by atoms with E-state index in [1.807, 2.05) is 38.2 Å². The summed E-state index contributed by atoms with van der Waals surface area (Å²) in [5.74, 6) is 0. The van der Waals surface area contributed by atoms with Crippen LogP contribution < -0.4 is 0 Å². The molecule has 0 unspecified atom stereocenters. The lowest BCUT2D eigenvalue weighted by atomic mass is 9.88. The Balaban J connectivity index is 0.00000116. The molecular formula is C22H26. The molecule has 0 radical (unpaired) electrons. The third-order valence-electron chi connectivity index (χ3n) is 3.55. The van der Waals surface area contributed by atoms with E-state index in [0.29, 0.717) is 0 Å². The van der Waals surface area contributed by atoms with Gasteiger partial charge in [-0.2, -0.15) is 0 Å². The lowest BCUT2D eigenvalue weighted by Gasteiger charge is -2.16. The second kappa shape index (κ2) is 8.87. The maximum absolute atomic E-state index is 3.94. The van der Waals surface area contributed by atoms with Crippen LogP contribution in [0.15, 0.2) is 72.0 Å². The molecule has 1 aliphatic carbocycles. The Morgan fingerprint density at radius 2 is 1.91 bits per heavy atom. The Bertz CT molecular complexity index is 685. The summed E-state index contributed by atoms with van der Waals surface area (Å²) in [6, 6.07) is 6.34. The van der Waals surface area contributed by atoms with E-state index in [1.54, 1.807) is 0 Å². The molecule has 2 rings (SSSR count). The highest BCUT2D eigenvalue weighted by atomic mass is 14.2. The van der Waals surface area contributed by atoms with E-state index < -0.39 is 0 Å². The first-order valence-electron chi connectivity index (χ1n) is 7.88. The van der Waals surface area contributed by atoms with Crippen molar-refractivity contribution in [1.82, 2.24) is 0 Å². The quantitative estimate of drug-likeness (QED) is 0.546. The first kappa shape index (κ1) is 17.8. The molecule has 0 saturated heterocycles. The van der Waals surface area contributed by atoms with Gasteiger partial charge < -0.3 is 0 Å². The monoisotopic (exact) mass is 290 g/mol. The lowest BCUT2D eigenvalue weighted by molar-refractivity contribution is 1.37. The molecule has 0 spiro atoms. The average Bonchev–Trinajstić information content (AvgIpc) is 2.76. The highest BCUT2D eigenvalue weighted by Crippen LogP contribution is 2.33. The maximum Gasteiger partial charge on any atom is -0.00795 e. The van der Waals surface area contributed by atoms with Crippen LogP contribution in [0, 0.1) is 6.92 Å².